The minimum atomic E-state index is -1.35. The molecular weight excluding hydrogens is 222 g/mol. The van der Waals surface area contributed by atoms with E-state index in [0.29, 0.717) is 5.56 Å². The van der Waals surface area contributed by atoms with Crippen molar-refractivity contribution in [2.45, 2.75) is 6.92 Å². The number of allylic oxidation sites excluding steroid dienone is 1. The maximum absolute atomic E-state index is 11.8. The number of hydrogen-bond acceptors (Lipinski definition) is 4. The molecule has 0 atom stereocenters. The Balaban J connectivity index is 3.09. The van der Waals surface area contributed by atoms with Gasteiger partial charge in [-0.15, -0.1) is 0 Å². The number of hydrogen-bond donors (Lipinski definition) is 2. The standard InChI is InChI=1S/C12H13NO4/c1-2-17-11(12(15)16)9(13)10(14)8-6-4-3-5-7-8/h3-7H,2,13H2,1H3,(H,15,16)/b11-9+. The molecule has 5 nitrogen and oxygen atoms in total. The number of ketones is 1. The van der Waals surface area contributed by atoms with Crippen LogP contribution < -0.4 is 5.73 Å². The van der Waals surface area contributed by atoms with Crippen molar-refractivity contribution >= 4 is 11.8 Å². The van der Waals surface area contributed by atoms with E-state index in [4.69, 9.17) is 15.6 Å². The summed E-state index contributed by atoms with van der Waals surface area (Å²) in [6.45, 7) is 1.74. The van der Waals surface area contributed by atoms with E-state index in [0.717, 1.165) is 0 Å². The second-order valence-corrected chi connectivity index (χ2v) is 3.18. The van der Waals surface area contributed by atoms with Crippen LogP contribution in [-0.4, -0.2) is 23.5 Å². The quantitative estimate of drug-likeness (QED) is 0.454. The highest BCUT2D eigenvalue weighted by atomic mass is 16.5. The summed E-state index contributed by atoms with van der Waals surface area (Å²) in [6, 6.07) is 8.20. The lowest BCUT2D eigenvalue weighted by atomic mass is 10.1. The molecule has 0 amide bonds. The van der Waals surface area contributed by atoms with Crippen LogP contribution >= 0.6 is 0 Å². The zero-order valence-electron chi connectivity index (χ0n) is 9.34. The van der Waals surface area contributed by atoms with Crippen molar-refractivity contribution in [2.24, 2.45) is 5.73 Å². The summed E-state index contributed by atoms with van der Waals surface area (Å²) >= 11 is 0. The second-order valence-electron chi connectivity index (χ2n) is 3.18. The van der Waals surface area contributed by atoms with Crippen LogP contribution in [0.3, 0.4) is 0 Å². The smallest absolute Gasteiger partial charge is 0.373 e. The van der Waals surface area contributed by atoms with Crippen LogP contribution in [0.25, 0.3) is 0 Å². The van der Waals surface area contributed by atoms with Gasteiger partial charge >= 0.3 is 5.97 Å². The van der Waals surface area contributed by atoms with Crippen molar-refractivity contribution in [1.29, 1.82) is 0 Å². The number of carboxylic acid groups (broad SMARTS) is 1. The molecule has 1 rings (SSSR count). The first-order valence-corrected chi connectivity index (χ1v) is 5.03. The van der Waals surface area contributed by atoms with Crippen LogP contribution in [0.15, 0.2) is 41.8 Å². The molecule has 1 aromatic carbocycles. The molecule has 17 heavy (non-hydrogen) atoms. The second kappa shape index (κ2) is 5.69. The lowest BCUT2D eigenvalue weighted by molar-refractivity contribution is -0.136. The molecule has 0 heterocycles. The van der Waals surface area contributed by atoms with E-state index in [1.807, 2.05) is 0 Å². The summed E-state index contributed by atoms with van der Waals surface area (Å²) in [7, 11) is 0. The normalized spacial score (nSPS) is 11.6. The molecule has 5 heteroatoms. The molecule has 0 saturated carbocycles. The lowest BCUT2D eigenvalue weighted by Crippen LogP contribution is -2.20. The zero-order chi connectivity index (χ0) is 12.8. The molecule has 0 spiro atoms. The summed E-state index contributed by atoms with van der Waals surface area (Å²) in [4.78, 5) is 22.7. The average molecular weight is 235 g/mol. The van der Waals surface area contributed by atoms with Crippen molar-refractivity contribution in [3.05, 3.63) is 47.4 Å². The minimum absolute atomic E-state index is 0.129. The zero-order valence-corrected chi connectivity index (χ0v) is 9.34. The molecule has 0 unspecified atom stereocenters. The van der Waals surface area contributed by atoms with Gasteiger partial charge in [0, 0.05) is 5.56 Å². The predicted octanol–water partition coefficient (Wildman–Crippen LogP) is 1.16. The van der Waals surface area contributed by atoms with Crippen LogP contribution in [0.2, 0.25) is 0 Å². The van der Waals surface area contributed by atoms with Gasteiger partial charge in [-0.2, -0.15) is 0 Å². The van der Waals surface area contributed by atoms with Crippen LogP contribution in [-0.2, 0) is 9.53 Å². The Morgan fingerprint density at radius 2 is 1.88 bits per heavy atom. The number of ether oxygens (including phenoxy) is 1. The Hall–Kier alpha value is -2.30. The predicted molar refractivity (Wildman–Crippen MR) is 61.2 cm³/mol. The Morgan fingerprint density at radius 1 is 1.29 bits per heavy atom. The third-order valence-corrected chi connectivity index (χ3v) is 2.01. The highest BCUT2D eigenvalue weighted by Crippen LogP contribution is 2.09. The monoisotopic (exact) mass is 235 g/mol. The van der Waals surface area contributed by atoms with Crippen LogP contribution in [0.5, 0.6) is 0 Å². The van der Waals surface area contributed by atoms with Gasteiger partial charge in [-0.25, -0.2) is 4.79 Å². The van der Waals surface area contributed by atoms with Crippen molar-refractivity contribution in [3.63, 3.8) is 0 Å². The van der Waals surface area contributed by atoms with Crippen LogP contribution in [0.4, 0.5) is 0 Å². The Bertz CT molecular complexity index is 451. The number of Topliss-reactive ketones (excluding diaryl/α,β-unsaturated/α-hetero) is 1. The van der Waals surface area contributed by atoms with Crippen molar-refractivity contribution < 1.29 is 19.4 Å². The van der Waals surface area contributed by atoms with Gasteiger partial charge in [0.1, 0.15) is 5.70 Å². The molecule has 0 aliphatic heterocycles. The highest BCUT2D eigenvalue weighted by Gasteiger charge is 2.20. The van der Waals surface area contributed by atoms with Gasteiger partial charge in [0.2, 0.25) is 11.5 Å². The molecular formula is C12H13NO4. The Labute approximate surface area is 98.5 Å². The molecule has 0 bridgehead atoms. The summed E-state index contributed by atoms with van der Waals surface area (Å²) in [5, 5.41) is 8.86. The van der Waals surface area contributed by atoms with Crippen molar-refractivity contribution in [1.82, 2.24) is 0 Å². The van der Waals surface area contributed by atoms with E-state index < -0.39 is 23.2 Å². The molecule has 1 aromatic rings. The lowest BCUT2D eigenvalue weighted by Gasteiger charge is -2.07. The number of nitrogens with two attached hydrogens (primary N) is 1. The summed E-state index contributed by atoms with van der Waals surface area (Å²) in [6.07, 6.45) is 0. The summed E-state index contributed by atoms with van der Waals surface area (Å²) in [5.41, 5.74) is 5.43. The van der Waals surface area contributed by atoms with E-state index in [-0.39, 0.29) is 6.61 Å². The maximum Gasteiger partial charge on any atom is 0.373 e. The first kappa shape index (κ1) is 12.8. The molecule has 0 aliphatic rings. The summed E-state index contributed by atoms with van der Waals surface area (Å²) < 4.78 is 4.84. The molecule has 90 valence electrons. The topological polar surface area (TPSA) is 89.6 Å². The van der Waals surface area contributed by atoms with Gasteiger partial charge in [0.25, 0.3) is 0 Å². The number of carbonyl (C=O) groups excluding carboxylic acids is 1. The van der Waals surface area contributed by atoms with Gasteiger partial charge < -0.3 is 15.6 Å². The molecule has 0 fully saturated rings. The molecule has 3 N–H and O–H groups in total. The highest BCUT2D eigenvalue weighted by molar-refractivity contribution is 6.11. The average Bonchev–Trinajstić information content (AvgIpc) is 2.35. The first-order chi connectivity index (χ1) is 8.07. The van der Waals surface area contributed by atoms with E-state index in [2.05, 4.69) is 0 Å². The molecule has 0 saturated heterocycles. The fraction of sp³-hybridized carbons (Fsp3) is 0.167. The van der Waals surface area contributed by atoms with E-state index in [1.54, 1.807) is 37.3 Å². The van der Waals surface area contributed by atoms with Crippen LogP contribution in [0, 0.1) is 0 Å². The first-order valence-electron chi connectivity index (χ1n) is 5.03. The third kappa shape index (κ3) is 3.07. The number of rotatable bonds is 5. The van der Waals surface area contributed by atoms with Gasteiger partial charge in [0.05, 0.1) is 6.61 Å². The summed E-state index contributed by atoms with van der Waals surface area (Å²) in [5.74, 6) is -2.42. The number of aliphatic carboxylic acids is 1. The van der Waals surface area contributed by atoms with E-state index >= 15 is 0 Å². The SMILES string of the molecule is CCO/C(C(=O)O)=C(/N)C(=O)c1ccccc1. The van der Waals surface area contributed by atoms with Crippen molar-refractivity contribution in [3.8, 4) is 0 Å². The fourth-order valence-electron chi connectivity index (χ4n) is 1.25. The third-order valence-electron chi connectivity index (χ3n) is 2.01. The minimum Gasteiger partial charge on any atom is -0.485 e. The fourth-order valence-corrected chi connectivity index (χ4v) is 1.25. The van der Waals surface area contributed by atoms with Crippen LogP contribution in [0.1, 0.15) is 17.3 Å². The molecule has 0 aliphatic carbocycles. The van der Waals surface area contributed by atoms with Gasteiger partial charge in [-0.05, 0) is 6.92 Å². The van der Waals surface area contributed by atoms with E-state index in [1.165, 1.54) is 0 Å². The Morgan fingerprint density at radius 3 is 2.35 bits per heavy atom. The van der Waals surface area contributed by atoms with Gasteiger partial charge in [-0.1, -0.05) is 30.3 Å². The largest absolute Gasteiger partial charge is 0.485 e. The van der Waals surface area contributed by atoms with Crippen molar-refractivity contribution in [2.75, 3.05) is 6.61 Å². The number of carbonyl (C=O) groups is 2. The maximum atomic E-state index is 11.8. The number of carboxylic acids is 1. The molecule has 0 radical (unpaired) electrons. The Kier molecular flexibility index (Phi) is 4.28. The van der Waals surface area contributed by atoms with Gasteiger partial charge in [-0.3, -0.25) is 4.79 Å². The number of benzene rings is 1. The van der Waals surface area contributed by atoms with E-state index in [9.17, 15) is 9.59 Å². The molecule has 0 aromatic heterocycles. The van der Waals surface area contributed by atoms with Gasteiger partial charge in [0.15, 0.2) is 0 Å².